The first-order valence-electron chi connectivity index (χ1n) is 13.3. The van der Waals surface area contributed by atoms with Gasteiger partial charge in [-0.2, -0.15) is 0 Å². The SMILES string of the molecule is CC(C)CCC[C@@H](C)[C@H]1CC[C@H]2[C@H]3[C@H](CC[C@]12C)[C@]1(C)C(=CC3(O)O)CCCC1C(=O)O. The van der Waals surface area contributed by atoms with Gasteiger partial charge >= 0.3 is 5.97 Å². The Hall–Kier alpha value is -0.870. The molecule has 0 aliphatic heterocycles. The fourth-order valence-electron chi connectivity index (χ4n) is 9.18. The lowest BCUT2D eigenvalue weighted by Gasteiger charge is -2.62. The molecule has 4 rings (SSSR count). The molecule has 0 heterocycles. The number of rotatable bonds is 6. The summed E-state index contributed by atoms with van der Waals surface area (Å²) in [6, 6.07) is 0. The van der Waals surface area contributed by atoms with E-state index in [1.54, 1.807) is 6.08 Å². The summed E-state index contributed by atoms with van der Waals surface area (Å²) in [6.07, 6.45) is 12.0. The van der Waals surface area contributed by atoms with E-state index in [0.717, 1.165) is 43.6 Å². The van der Waals surface area contributed by atoms with Crippen molar-refractivity contribution < 1.29 is 20.1 Å². The van der Waals surface area contributed by atoms with Crippen LogP contribution >= 0.6 is 0 Å². The molecule has 4 aliphatic carbocycles. The summed E-state index contributed by atoms with van der Waals surface area (Å²) in [5.74, 6) is -0.901. The van der Waals surface area contributed by atoms with Crippen molar-refractivity contribution in [2.75, 3.05) is 0 Å². The molecule has 8 atom stereocenters. The van der Waals surface area contributed by atoms with Crippen LogP contribution < -0.4 is 0 Å². The summed E-state index contributed by atoms with van der Waals surface area (Å²) in [5, 5.41) is 32.8. The number of carbonyl (C=O) groups is 1. The molecule has 3 saturated carbocycles. The highest BCUT2D eigenvalue weighted by Gasteiger charge is 2.66. The number of carboxylic acids is 1. The third-order valence-corrected chi connectivity index (χ3v) is 10.8. The molecule has 0 bridgehead atoms. The van der Waals surface area contributed by atoms with Gasteiger partial charge in [0.15, 0.2) is 5.79 Å². The van der Waals surface area contributed by atoms with E-state index in [1.807, 2.05) is 0 Å². The number of fused-ring (bicyclic) bond motifs is 5. The summed E-state index contributed by atoms with van der Waals surface area (Å²) >= 11 is 0. The lowest BCUT2D eigenvalue weighted by Crippen LogP contribution is -2.61. The van der Waals surface area contributed by atoms with Crippen LogP contribution in [0, 0.1) is 52.3 Å². The van der Waals surface area contributed by atoms with Gasteiger partial charge in [-0.05, 0) is 86.0 Å². The van der Waals surface area contributed by atoms with Gasteiger partial charge in [0.2, 0.25) is 0 Å². The Balaban J connectivity index is 1.64. The van der Waals surface area contributed by atoms with Crippen LogP contribution in [0.2, 0.25) is 0 Å². The molecule has 182 valence electrons. The lowest BCUT2D eigenvalue weighted by molar-refractivity contribution is -0.240. The molecule has 32 heavy (non-hydrogen) atoms. The molecule has 0 aromatic heterocycles. The van der Waals surface area contributed by atoms with Crippen molar-refractivity contribution in [2.24, 2.45) is 52.3 Å². The molecular weight excluding hydrogens is 400 g/mol. The Labute approximate surface area is 194 Å². The van der Waals surface area contributed by atoms with E-state index < -0.39 is 23.1 Å². The van der Waals surface area contributed by atoms with Crippen molar-refractivity contribution in [1.29, 1.82) is 0 Å². The third-order valence-electron chi connectivity index (χ3n) is 10.8. The predicted molar refractivity (Wildman–Crippen MR) is 127 cm³/mol. The van der Waals surface area contributed by atoms with Crippen LogP contribution in [0.25, 0.3) is 0 Å². The number of aliphatic hydroxyl groups is 2. The van der Waals surface area contributed by atoms with E-state index in [-0.39, 0.29) is 23.2 Å². The zero-order valence-electron chi connectivity index (χ0n) is 20.9. The van der Waals surface area contributed by atoms with E-state index in [2.05, 4.69) is 34.6 Å². The maximum absolute atomic E-state index is 12.3. The molecule has 0 radical (unpaired) electrons. The summed E-state index contributed by atoms with van der Waals surface area (Å²) in [4.78, 5) is 12.3. The highest BCUT2D eigenvalue weighted by atomic mass is 16.5. The first kappa shape index (κ1) is 24.3. The van der Waals surface area contributed by atoms with Crippen LogP contribution in [0.5, 0.6) is 0 Å². The molecule has 0 amide bonds. The van der Waals surface area contributed by atoms with Gasteiger partial charge in [0.05, 0.1) is 5.92 Å². The summed E-state index contributed by atoms with van der Waals surface area (Å²) < 4.78 is 0. The van der Waals surface area contributed by atoms with Gasteiger partial charge in [-0.25, -0.2) is 0 Å². The zero-order valence-corrected chi connectivity index (χ0v) is 20.9. The largest absolute Gasteiger partial charge is 0.481 e. The minimum atomic E-state index is -1.82. The van der Waals surface area contributed by atoms with Gasteiger partial charge in [0, 0.05) is 11.3 Å². The fraction of sp³-hybridized carbons (Fsp3) is 0.893. The maximum Gasteiger partial charge on any atom is 0.307 e. The summed E-state index contributed by atoms with van der Waals surface area (Å²) in [5.41, 5.74) is 0.651. The van der Waals surface area contributed by atoms with E-state index in [9.17, 15) is 20.1 Å². The number of carboxylic acid groups (broad SMARTS) is 1. The van der Waals surface area contributed by atoms with Crippen molar-refractivity contribution >= 4 is 5.97 Å². The van der Waals surface area contributed by atoms with E-state index in [0.29, 0.717) is 18.3 Å². The van der Waals surface area contributed by atoms with Gasteiger partial charge in [0.25, 0.3) is 0 Å². The Bertz CT molecular complexity index is 755. The van der Waals surface area contributed by atoms with Crippen molar-refractivity contribution in [3.05, 3.63) is 11.6 Å². The predicted octanol–water partition coefficient (Wildman–Crippen LogP) is 6.02. The third kappa shape index (κ3) is 3.68. The molecule has 0 aromatic rings. The Morgan fingerprint density at radius 2 is 1.78 bits per heavy atom. The van der Waals surface area contributed by atoms with E-state index in [4.69, 9.17) is 0 Å². The van der Waals surface area contributed by atoms with Crippen LogP contribution in [0.1, 0.15) is 98.8 Å². The van der Waals surface area contributed by atoms with Crippen molar-refractivity contribution in [2.45, 2.75) is 105 Å². The number of aliphatic carboxylic acids is 1. The molecule has 4 heteroatoms. The summed E-state index contributed by atoms with van der Waals surface area (Å²) in [6.45, 7) is 11.5. The van der Waals surface area contributed by atoms with Crippen LogP contribution in [0.3, 0.4) is 0 Å². The molecule has 4 aliphatic rings. The quantitative estimate of drug-likeness (QED) is 0.344. The van der Waals surface area contributed by atoms with Crippen molar-refractivity contribution in [1.82, 2.24) is 0 Å². The highest BCUT2D eigenvalue weighted by Crippen LogP contribution is 2.69. The monoisotopic (exact) mass is 446 g/mol. The average Bonchev–Trinajstić information content (AvgIpc) is 3.04. The average molecular weight is 447 g/mol. The number of allylic oxidation sites excluding steroid dienone is 1. The van der Waals surface area contributed by atoms with E-state index >= 15 is 0 Å². The van der Waals surface area contributed by atoms with Crippen LogP contribution in [0.4, 0.5) is 0 Å². The second kappa shape index (κ2) is 8.41. The minimum Gasteiger partial charge on any atom is -0.481 e. The highest BCUT2D eigenvalue weighted by molar-refractivity contribution is 5.72. The molecule has 0 saturated heterocycles. The summed E-state index contributed by atoms with van der Waals surface area (Å²) in [7, 11) is 0. The Kier molecular flexibility index (Phi) is 6.38. The second-order valence-corrected chi connectivity index (χ2v) is 12.8. The molecular formula is C28H46O4. The molecule has 4 nitrogen and oxygen atoms in total. The Morgan fingerprint density at radius 3 is 2.44 bits per heavy atom. The van der Waals surface area contributed by atoms with Crippen LogP contribution in [-0.2, 0) is 4.79 Å². The molecule has 1 unspecified atom stereocenters. The first-order valence-corrected chi connectivity index (χ1v) is 13.3. The van der Waals surface area contributed by atoms with Gasteiger partial charge in [-0.3, -0.25) is 4.79 Å². The Morgan fingerprint density at radius 1 is 1.06 bits per heavy atom. The van der Waals surface area contributed by atoms with E-state index in [1.165, 1.54) is 25.7 Å². The fourth-order valence-corrected chi connectivity index (χ4v) is 9.18. The topological polar surface area (TPSA) is 77.8 Å². The zero-order chi connectivity index (χ0) is 23.5. The molecule has 3 fully saturated rings. The maximum atomic E-state index is 12.3. The van der Waals surface area contributed by atoms with Gasteiger partial charge in [-0.15, -0.1) is 0 Å². The smallest absolute Gasteiger partial charge is 0.307 e. The molecule has 3 N–H and O–H groups in total. The second-order valence-electron chi connectivity index (χ2n) is 12.8. The normalized spacial score (nSPS) is 43.8. The first-order chi connectivity index (χ1) is 14.9. The van der Waals surface area contributed by atoms with Crippen molar-refractivity contribution in [3.63, 3.8) is 0 Å². The minimum absolute atomic E-state index is 0.0342. The standard InChI is InChI=1S/C28H46O4/c1-17(2)8-6-9-18(3)20-12-13-21-24-22(14-15-26(20,21)4)27(5)19(16-28(24,31)32)10-7-11-23(27)25(29)30/h16-18,20-24,31-32H,6-15H2,1-5H3,(H,29,30)/t18-,20-,21+,22+,23?,24+,26-,27+/m1/s1. The van der Waals surface area contributed by atoms with Gasteiger partial charge in [-0.1, -0.05) is 59.5 Å². The molecule has 0 aromatic carbocycles. The van der Waals surface area contributed by atoms with Gasteiger partial charge in [0.1, 0.15) is 0 Å². The van der Waals surface area contributed by atoms with Crippen LogP contribution in [-0.4, -0.2) is 27.1 Å². The number of hydrogen-bond donors (Lipinski definition) is 3. The van der Waals surface area contributed by atoms with Gasteiger partial charge < -0.3 is 15.3 Å². The van der Waals surface area contributed by atoms with Crippen molar-refractivity contribution in [3.8, 4) is 0 Å². The molecule has 0 spiro atoms. The van der Waals surface area contributed by atoms with Crippen LogP contribution in [0.15, 0.2) is 11.6 Å². The lowest BCUT2D eigenvalue weighted by atomic mass is 9.44. The number of hydrogen-bond acceptors (Lipinski definition) is 3.